The molecule has 3 aromatic rings. The molecule has 2 aliphatic rings. The van der Waals surface area contributed by atoms with Crippen LogP contribution in [0.5, 0.6) is 0 Å². The normalized spacial score (nSPS) is 18.0. The summed E-state index contributed by atoms with van der Waals surface area (Å²) in [6.45, 7) is 4.97. The second-order valence-corrected chi connectivity index (χ2v) is 8.04. The Morgan fingerprint density at radius 3 is 2.60 bits per heavy atom. The summed E-state index contributed by atoms with van der Waals surface area (Å²) >= 11 is 6.04. The summed E-state index contributed by atoms with van der Waals surface area (Å²) < 4.78 is 5.42. The van der Waals surface area contributed by atoms with Crippen molar-refractivity contribution in [2.45, 2.75) is 18.9 Å². The lowest BCUT2D eigenvalue weighted by atomic mass is 10.1. The first kappa shape index (κ1) is 19.3. The second kappa shape index (κ2) is 8.57. The van der Waals surface area contributed by atoms with Gasteiger partial charge in [-0.2, -0.15) is 4.98 Å². The van der Waals surface area contributed by atoms with Gasteiger partial charge in [-0.3, -0.25) is 4.98 Å². The fourth-order valence-corrected chi connectivity index (χ4v) is 4.10. The van der Waals surface area contributed by atoms with Crippen molar-refractivity contribution in [1.82, 2.24) is 19.9 Å². The van der Waals surface area contributed by atoms with Crippen molar-refractivity contribution >= 4 is 40.2 Å². The van der Waals surface area contributed by atoms with E-state index in [0.29, 0.717) is 11.1 Å². The molecule has 0 aliphatic carbocycles. The maximum atomic E-state index is 6.04. The maximum Gasteiger partial charge on any atom is 0.227 e. The Kier molecular flexibility index (Phi) is 5.50. The summed E-state index contributed by atoms with van der Waals surface area (Å²) in [7, 11) is 0. The van der Waals surface area contributed by atoms with Gasteiger partial charge in [-0.1, -0.05) is 11.6 Å². The number of nitrogens with zero attached hydrogens (tertiary/aromatic N) is 6. The zero-order valence-corrected chi connectivity index (χ0v) is 17.4. The predicted molar refractivity (Wildman–Crippen MR) is 118 cm³/mol. The molecule has 8 nitrogen and oxygen atoms in total. The molecule has 2 saturated heterocycles. The lowest BCUT2D eigenvalue weighted by molar-refractivity contribution is 0.122. The molecule has 1 aromatic carbocycles. The number of piperidine rings is 1. The zero-order chi connectivity index (χ0) is 20.3. The average Bonchev–Trinajstić information content (AvgIpc) is 2.80. The van der Waals surface area contributed by atoms with Gasteiger partial charge in [-0.15, -0.1) is 0 Å². The van der Waals surface area contributed by atoms with Crippen LogP contribution in [-0.2, 0) is 4.74 Å². The van der Waals surface area contributed by atoms with Crippen LogP contribution in [0, 0.1) is 0 Å². The smallest absolute Gasteiger partial charge is 0.227 e. The third kappa shape index (κ3) is 4.24. The van der Waals surface area contributed by atoms with E-state index < -0.39 is 0 Å². The SMILES string of the molecule is Clc1ccc2nc(N3CCC(Nc4ccnc(N5CCOCC5)n4)CC3)cnc2c1. The molecule has 0 unspecified atom stereocenters. The van der Waals surface area contributed by atoms with E-state index in [2.05, 4.69) is 25.1 Å². The van der Waals surface area contributed by atoms with Gasteiger partial charge in [0.2, 0.25) is 5.95 Å². The van der Waals surface area contributed by atoms with Crippen LogP contribution in [0.15, 0.2) is 36.7 Å². The highest BCUT2D eigenvalue weighted by molar-refractivity contribution is 6.31. The predicted octanol–water partition coefficient (Wildman–Crippen LogP) is 2.99. The van der Waals surface area contributed by atoms with Crippen molar-refractivity contribution in [2.75, 3.05) is 54.5 Å². The van der Waals surface area contributed by atoms with Crippen molar-refractivity contribution < 1.29 is 4.74 Å². The minimum Gasteiger partial charge on any atom is -0.378 e. The van der Waals surface area contributed by atoms with Gasteiger partial charge in [0, 0.05) is 43.4 Å². The zero-order valence-electron chi connectivity index (χ0n) is 16.7. The molecule has 0 bridgehead atoms. The lowest BCUT2D eigenvalue weighted by Crippen LogP contribution is -2.40. The molecular weight excluding hydrogens is 402 g/mol. The van der Waals surface area contributed by atoms with Crippen LogP contribution in [-0.4, -0.2) is 65.4 Å². The molecule has 0 atom stereocenters. The molecule has 9 heteroatoms. The molecular formula is C21H24ClN7O. The lowest BCUT2D eigenvalue weighted by Gasteiger charge is -2.33. The van der Waals surface area contributed by atoms with Crippen LogP contribution >= 0.6 is 11.6 Å². The molecule has 0 saturated carbocycles. The first-order valence-electron chi connectivity index (χ1n) is 10.3. The summed E-state index contributed by atoms with van der Waals surface area (Å²) in [5, 5.41) is 4.26. The average molecular weight is 426 g/mol. The number of rotatable bonds is 4. The summed E-state index contributed by atoms with van der Waals surface area (Å²) in [6, 6.07) is 7.93. The second-order valence-electron chi connectivity index (χ2n) is 7.61. The van der Waals surface area contributed by atoms with E-state index in [1.807, 2.05) is 36.7 Å². The number of nitrogens with one attached hydrogen (secondary N) is 1. The number of hydrogen-bond acceptors (Lipinski definition) is 8. The molecule has 156 valence electrons. The van der Waals surface area contributed by atoms with Gasteiger partial charge >= 0.3 is 0 Å². The number of aromatic nitrogens is 4. The number of ether oxygens (including phenoxy) is 1. The maximum absolute atomic E-state index is 6.04. The quantitative estimate of drug-likeness (QED) is 0.683. The number of benzene rings is 1. The highest BCUT2D eigenvalue weighted by Gasteiger charge is 2.21. The molecule has 0 amide bonds. The van der Waals surface area contributed by atoms with E-state index in [1.54, 1.807) is 0 Å². The van der Waals surface area contributed by atoms with Crippen LogP contribution in [0.2, 0.25) is 5.02 Å². The largest absolute Gasteiger partial charge is 0.378 e. The number of morpholine rings is 1. The third-order valence-corrected chi connectivity index (χ3v) is 5.83. The van der Waals surface area contributed by atoms with Gasteiger partial charge in [-0.25, -0.2) is 9.97 Å². The van der Waals surface area contributed by atoms with E-state index >= 15 is 0 Å². The van der Waals surface area contributed by atoms with Crippen LogP contribution in [0.3, 0.4) is 0 Å². The van der Waals surface area contributed by atoms with Crippen LogP contribution in [0.25, 0.3) is 11.0 Å². The Morgan fingerprint density at radius 1 is 0.933 bits per heavy atom. The Labute approximate surface area is 180 Å². The summed E-state index contributed by atoms with van der Waals surface area (Å²) in [5.74, 6) is 2.57. The highest BCUT2D eigenvalue weighted by atomic mass is 35.5. The Bertz CT molecular complexity index is 1020. The van der Waals surface area contributed by atoms with Gasteiger partial charge in [0.1, 0.15) is 11.6 Å². The summed E-state index contributed by atoms with van der Waals surface area (Å²) in [5.41, 5.74) is 1.69. The van der Waals surface area contributed by atoms with E-state index in [9.17, 15) is 0 Å². The van der Waals surface area contributed by atoms with E-state index in [4.69, 9.17) is 26.3 Å². The summed E-state index contributed by atoms with van der Waals surface area (Å²) in [6.07, 6.45) is 5.69. The van der Waals surface area contributed by atoms with Crippen LogP contribution in [0.1, 0.15) is 12.8 Å². The van der Waals surface area contributed by atoms with Crippen molar-refractivity contribution in [3.05, 3.63) is 41.7 Å². The first-order chi connectivity index (χ1) is 14.7. The minimum absolute atomic E-state index is 0.376. The van der Waals surface area contributed by atoms with Gasteiger partial charge < -0.3 is 19.9 Å². The Hall–Kier alpha value is -2.71. The van der Waals surface area contributed by atoms with Gasteiger partial charge in [0.05, 0.1) is 30.4 Å². The van der Waals surface area contributed by atoms with Gasteiger partial charge in [0.25, 0.3) is 0 Å². The monoisotopic (exact) mass is 425 g/mol. The molecule has 2 aliphatic heterocycles. The van der Waals surface area contributed by atoms with E-state index in [1.165, 1.54) is 0 Å². The third-order valence-electron chi connectivity index (χ3n) is 5.60. The number of hydrogen-bond donors (Lipinski definition) is 1. The molecule has 0 spiro atoms. The molecule has 0 radical (unpaired) electrons. The minimum atomic E-state index is 0.376. The van der Waals surface area contributed by atoms with Crippen molar-refractivity contribution in [3.63, 3.8) is 0 Å². The fourth-order valence-electron chi connectivity index (χ4n) is 3.93. The molecule has 2 aromatic heterocycles. The highest BCUT2D eigenvalue weighted by Crippen LogP contribution is 2.23. The Morgan fingerprint density at radius 2 is 1.77 bits per heavy atom. The number of fused-ring (bicyclic) bond motifs is 1. The molecule has 2 fully saturated rings. The standard InChI is InChI=1S/C21H24ClN7O/c22-15-1-2-17-18(13-15)24-14-20(26-17)28-7-4-16(5-8-28)25-19-3-6-23-21(27-19)29-9-11-30-12-10-29/h1-3,6,13-14,16H,4-5,7-12H2,(H,23,25,27). The van der Waals surface area contributed by atoms with E-state index in [-0.39, 0.29) is 0 Å². The van der Waals surface area contributed by atoms with Gasteiger partial charge in [0.15, 0.2) is 0 Å². The molecule has 4 heterocycles. The van der Waals surface area contributed by atoms with Crippen molar-refractivity contribution in [1.29, 1.82) is 0 Å². The van der Waals surface area contributed by atoms with Crippen LogP contribution in [0.4, 0.5) is 17.6 Å². The Balaban J connectivity index is 1.21. The molecule has 1 N–H and O–H groups in total. The number of halogens is 1. The topological polar surface area (TPSA) is 79.3 Å². The van der Waals surface area contributed by atoms with Crippen molar-refractivity contribution in [2.24, 2.45) is 0 Å². The molecule has 30 heavy (non-hydrogen) atoms. The van der Waals surface area contributed by atoms with Crippen molar-refractivity contribution in [3.8, 4) is 0 Å². The van der Waals surface area contributed by atoms with Crippen LogP contribution < -0.4 is 15.1 Å². The van der Waals surface area contributed by atoms with Gasteiger partial charge in [-0.05, 0) is 37.1 Å². The fraction of sp³-hybridized carbons (Fsp3) is 0.429. The first-order valence-corrected chi connectivity index (χ1v) is 10.7. The van der Waals surface area contributed by atoms with E-state index in [0.717, 1.165) is 80.9 Å². The number of anilines is 3. The molecule has 5 rings (SSSR count). The summed E-state index contributed by atoms with van der Waals surface area (Å²) in [4.78, 5) is 22.9.